The summed E-state index contributed by atoms with van der Waals surface area (Å²) >= 11 is 0. The first-order chi connectivity index (χ1) is 59.8. The number of nitrogens with zero attached hydrogens (tertiary/aromatic N) is 4. The van der Waals surface area contributed by atoms with Crippen LogP contribution in [0.2, 0.25) is 0 Å². The molecule has 0 radical (unpaired) electrons. The topological polar surface area (TPSA) is 409 Å². The number of β-lactam (4-membered cyclic amide) rings is 2. The van der Waals surface area contributed by atoms with Gasteiger partial charge in [0.15, 0.2) is 23.1 Å². The second kappa shape index (κ2) is 51.8. The van der Waals surface area contributed by atoms with Crippen molar-refractivity contribution in [3.05, 3.63) is 119 Å². The van der Waals surface area contributed by atoms with E-state index in [0.29, 0.717) is 134 Å². The van der Waals surface area contributed by atoms with Crippen LogP contribution in [0, 0.1) is 23.7 Å². The van der Waals surface area contributed by atoms with Crippen LogP contribution in [-0.2, 0) is 84.6 Å². The zero-order valence-electron chi connectivity index (χ0n) is 75.3. The SMILES string of the molecule is CCCCC[C@H](NC(=O)[C@H](C)CC(=O)[C@@H]1CCCN1C(=O)[C@H](CCCCNC(=O)OC(C)(C)C)NC(=O)c1ccc(-c2ccc(CCCC)cc2)cc1)C(=O)C[C@@H]1CN(CC(=O)OC)C1=O.CCCCc1ccc(-c2ccc(C(=O)N[C@@H](CCCCN)C(=O)N3CCC[C@H]3C(=O)C[C@@H](C)C(=O)N[C@@H](CCCCN)C(=O)C[C@@H]3CN(CC(=O)OC)C3=O)cc2)cc1. The molecule has 8 rings (SSSR count). The van der Waals surface area contributed by atoms with Crippen molar-refractivity contribution in [1.29, 1.82) is 0 Å². The Kier molecular flexibility index (Phi) is 42.1. The summed E-state index contributed by atoms with van der Waals surface area (Å²) in [5, 5.41) is 14.3. The van der Waals surface area contributed by atoms with Gasteiger partial charge in [0.2, 0.25) is 35.4 Å². The van der Waals surface area contributed by atoms with E-state index in [9.17, 15) is 71.9 Å². The van der Waals surface area contributed by atoms with Crippen LogP contribution in [0.5, 0.6) is 0 Å². The van der Waals surface area contributed by atoms with E-state index in [-0.39, 0.29) is 105 Å². The van der Waals surface area contributed by atoms with Crippen molar-refractivity contribution in [3.8, 4) is 22.3 Å². The Hall–Kier alpha value is -10.5. The lowest BCUT2D eigenvalue weighted by atomic mass is 9.89. The highest BCUT2D eigenvalue weighted by Gasteiger charge is 2.45. The molecule has 0 saturated carbocycles. The maximum absolute atomic E-state index is 14.4. The zero-order valence-corrected chi connectivity index (χ0v) is 75.3. The first kappa shape index (κ1) is 102. The van der Waals surface area contributed by atoms with Crippen LogP contribution >= 0.6 is 0 Å². The third-order valence-corrected chi connectivity index (χ3v) is 23.6. The molecular formula is C96H137N11O18. The minimum Gasteiger partial charge on any atom is -0.468 e. The van der Waals surface area contributed by atoms with Crippen LogP contribution in [0.4, 0.5) is 4.79 Å². The van der Waals surface area contributed by atoms with Gasteiger partial charge in [-0.15, -0.1) is 0 Å². The summed E-state index contributed by atoms with van der Waals surface area (Å²) in [4.78, 5) is 204. The highest BCUT2D eigenvalue weighted by molar-refractivity contribution is 6.02. The van der Waals surface area contributed by atoms with Crippen LogP contribution in [0.15, 0.2) is 97.1 Å². The highest BCUT2D eigenvalue weighted by Crippen LogP contribution is 2.31. The second-order valence-corrected chi connectivity index (χ2v) is 34.8. The third-order valence-electron chi connectivity index (χ3n) is 23.6. The minimum absolute atomic E-state index is 0.0725. The molecule has 29 heteroatoms. The number of hydrogen-bond acceptors (Lipinski definition) is 20. The summed E-state index contributed by atoms with van der Waals surface area (Å²) in [5.74, 6) is -8.14. The lowest BCUT2D eigenvalue weighted by molar-refractivity contribution is -0.158. The number of nitrogens with two attached hydrogens (primary N) is 2. The van der Waals surface area contributed by atoms with Gasteiger partial charge in [-0.05, 0) is 207 Å². The Bertz CT molecular complexity index is 4260. The van der Waals surface area contributed by atoms with Crippen molar-refractivity contribution in [1.82, 2.24) is 46.2 Å². The van der Waals surface area contributed by atoms with Gasteiger partial charge in [0.1, 0.15) is 30.8 Å². The molecule has 0 aliphatic carbocycles. The molecule has 9 amide bonds. The van der Waals surface area contributed by atoms with Gasteiger partial charge < -0.3 is 71.9 Å². The number of carbonyl (C=O) groups excluding carboxylic acids is 15. The second-order valence-electron chi connectivity index (χ2n) is 34.8. The zero-order chi connectivity index (χ0) is 91.3. The molecule has 0 unspecified atom stereocenters. The molecule has 9 N–H and O–H groups in total. The first-order valence-corrected chi connectivity index (χ1v) is 45.3. The van der Waals surface area contributed by atoms with E-state index < -0.39 is 107 Å². The Labute approximate surface area is 737 Å². The maximum atomic E-state index is 14.4. The molecule has 684 valence electrons. The number of benzene rings is 4. The maximum Gasteiger partial charge on any atom is 0.407 e. The minimum atomic E-state index is -0.964. The summed E-state index contributed by atoms with van der Waals surface area (Å²) < 4.78 is 14.6. The van der Waals surface area contributed by atoms with Gasteiger partial charge >= 0.3 is 18.0 Å². The van der Waals surface area contributed by atoms with E-state index >= 15 is 0 Å². The first-order valence-electron chi connectivity index (χ1n) is 45.3. The number of ketones is 4. The Morgan fingerprint density at radius 3 is 1.15 bits per heavy atom. The van der Waals surface area contributed by atoms with Gasteiger partial charge in [0.05, 0.1) is 50.2 Å². The number of likely N-dealkylation sites (tertiary alicyclic amines) is 4. The lowest BCUT2D eigenvalue weighted by Gasteiger charge is -2.37. The van der Waals surface area contributed by atoms with E-state index in [4.69, 9.17) is 16.2 Å². The largest absolute Gasteiger partial charge is 0.468 e. The summed E-state index contributed by atoms with van der Waals surface area (Å²) in [6.45, 7) is 16.9. The number of unbranched alkanes of at least 4 members (excludes halogenated alkanes) is 7. The number of aryl methyl sites for hydroxylation is 2. The Balaban J connectivity index is 0.000000345. The van der Waals surface area contributed by atoms with Crippen LogP contribution < -0.4 is 38.1 Å². The number of nitrogens with one attached hydrogen (secondary N) is 5. The van der Waals surface area contributed by atoms with Crippen molar-refractivity contribution >= 4 is 88.4 Å². The highest BCUT2D eigenvalue weighted by atomic mass is 16.6. The van der Waals surface area contributed by atoms with Crippen LogP contribution in [0.25, 0.3) is 22.3 Å². The third kappa shape index (κ3) is 32.1. The summed E-state index contributed by atoms with van der Waals surface area (Å²) in [6.07, 6.45) is 14.8. The standard InChI is InChI=1S/C51H73N5O10.C45H64N6O8/c1-8-10-12-17-40(43(57)31-39-32-55(48(39)62)33-45(59)65-7)53-46(60)34(3)30-44(58)42-19-15-29-56(42)49(63)41(18-13-14-28-52-50(64)66-51(4,5)6)54-47(61)38-26-24-37(25-27-38)36-22-20-35(21-23-36)16-11-9-2;1-4-5-11-31-15-17-32(18-16-31)33-19-21-34(22-20-33)43(56)49-37(13-7-9-24-47)45(58)51-25-10-14-38(51)40(53)26-30(2)42(55)48-36(12-6-8-23-46)39(52)27-35-28-50(44(35)57)29-41(54)59-3/h20-27,34,39-42H,8-19,28-33H2,1-7H3,(H,52,64)(H,53,60)(H,54,61);15-22,30,35-38H,4-14,23-29,46-47H2,1-3H3,(H,48,55)(H,49,56)/t34-,39-,40+,41+,42+;30-,35-,36+,37+,38+/m11/s1. The monoisotopic (exact) mass is 1730 g/mol. The molecule has 4 aromatic rings. The number of Topliss-reactive ketones (excluding diaryl/α,β-unsaturated/α-hetero) is 4. The van der Waals surface area contributed by atoms with Crippen molar-refractivity contribution in [2.24, 2.45) is 35.1 Å². The number of methoxy groups -OCH3 is 2. The van der Waals surface area contributed by atoms with Gasteiger partial charge in [0, 0.05) is 81.4 Å². The van der Waals surface area contributed by atoms with Gasteiger partial charge in [-0.2, -0.15) is 0 Å². The molecule has 10 atom stereocenters. The van der Waals surface area contributed by atoms with Crippen molar-refractivity contribution in [2.45, 2.75) is 271 Å². The number of carbonyl (C=O) groups is 15. The number of rotatable bonds is 51. The van der Waals surface area contributed by atoms with Gasteiger partial charge in [-0.3, -0.25) is 67.1 Å². The molecular weight excluding hydrogens is 1600 g/mol. The van der Waals surface area contributed by atoms with E-state index in [1.165, 1.54) is 44.9 Å². The molecule has 4 aromatic carbocycles. The van der Waals surface area contributed by atoms with Gasteiger partial charge in [-0.1, -0.05) is 140 Å². The number of alkyl carbamates (subject to hydrolysis) is 1. The smallest absolute Gasteiger partial charge is 0.407 e. The molecule has 0 bridgehead atoms. The normalized spacial score (nSPS) is 17.5. The molecule has 0 spiro atoms. The van der Waals surface area contributed by atoms with Gasteiger partial charge in [-0.25, -0.2) is 4.79 Å². The molecule has 4 fully saturated rings. The van der Waals surface area contributed by atoms with Crippen molar-refractivity contribution in [3.63, 3.8) is 0 Å². The Morgan fingerprint density at radius 2 is 0.808 bits per heavy atom. The number of hydrogen-bond donors (Lipinski definition) is 7. The lowest BCUT2D eigenvalue weighted by Crippen LogP contribution is -2.56. The van der Waals surface area contributed by atoms with E-state index in [1.54, 1.807) is 58.9 Å². The molecule has 0 aromatic heterocycles. The summed E-state index contributed by atoms with van der Waals surface area (Å²) in [6, 6.07) is 26.2. The number of amides is 9. The molecule has 4 aliphatic heterocycles. The average molecular weight is 1730 g/mol. The van der Waals surface area contributed by atoms with Crippen LogP contribution in [0.1, 0.15) is 248 Å². The van der Waals surface area contributed by atoms with Crippen LogP contribution in [0.3, 0.4) is 0 Å². The number of ether oxygens (including phenoxy) is 3. The molecule has 125 heavy (non-hydrogen) atoms. The predicted octanol–water partition coefficient (Wildman–Crippen LogP) is 10.4. The van der Waals surface area contributed by atoms with Crippen molar-refractivity contribution < 1.29 is 86.1 Å². The van der Waals surface area contributed by atoms with Crippen LogP contribution in [-0.4, -0.2) is 223 Å². The summed E-state index contributed by atoms with van der Waals surface area (Å²) in [5.41, 5.74) is 18.1. The fourth-order valence-electron chi connectivity index (χ4n) is 16.1. The van der Waals surface area contributed by atoms with E-state index in [1.807, 2.05) is 31.2 Å². The van der Waals surface area contributed by atoms with Gasteiger partial charge in [0.25, 0.3) is 11.8 Å². The molecule has 4 saturated heterocycles. The van der Waals surface area contributed by atoms with E-state index in [2.05, 4.69) is 98.4 Å². The predicted molar refractivity (Wildman–Crippen MR) is 476 cm³/mol. The van der Waals surface area contributed by atoms with Crippen molar-refractivity contribution in [2.75, 3.05) is 73.1 Å². The molecule has 4 aliphatic rings. The molecule has 29 nitrogen and oxygen atoms in total. The quantitative estimate of drug-likeness (QED) is 0.00934. The fraction of sp³-hybridized carbons (Fsp3) is 0.594. The van der Waals surface area contributed by atoms with E-state index in [0.717, 1.165) is 73.6 Å². The average Bonchev–Trinajstić information content (AvgIpc) is 1.12. The molecule has 4 heterocycles. The number of esters is 2. The fourth-order valence-corrected chi connectivity index (χ4v) is 16.1. The Morgan fingerprint density at radius 1 is 0.456 bits per heavy atom. The summed E-state index contributed by atoms with van der Waals surface area (Å²) in [7, 11) is 2.47.